The van der Waals surface area contributed by atoms with Crippen LogP contribution in [-0.2, 0) is 25.0 Å². The van der Waals surface area contributed by atoms with Crippen LogP contribution in [0.4, 0.5) is 0 Å². The molecule has 7 nitrogen and oxygen atoms in total. The van der Waals surface area contributed by atoms with E-state index in [1.54, 1.807) is 18.3 Å². The molecule has 0 aliphatic carbocycles. The third-order valence-electron chi connectivity index (χ3n) is 4.77. The summed E-state index contributed by atoms with van der Waals surface area (Å²) < 4.78 is 2.28. The van der Waals surface area contributed by atoms with Gasteiger partial charge in [0.25, 0.3) is 0 Å². The van der Waals surface area contributed by atoms with Crippen molar-refractivity contribution >= 4 is 41.3 Å². The first-order valence-corrected chi connectivity index (χ1v) is 10.7. The Balaban J connectivity index is 0.00000280. The van der Waals surface area contributed by atoms with Crippen LogP contribution in [0.2, 0.25) is 0 Å². The highest BCUT2D eigenvalue weighted by atomic mass is 127. The van der Waals surface area contributed by atoms with Gasteiger partial charge in [-0.25, -0.2) is 4.99 Å². The molecule has 3 heterocycles. The number of halogens is 1. The lowest BCUT2D eigenvalue weighted by Gasteiger charge is -2.20. The van der Waals surface area contributed by atoms with Crippen molar-refractivity contribution in [2.45, 2.75) is 58.1 Å². The fourth-order valence-corrected chi connectivity index (χ4v) is 4.04. The lowest BCUT2D eigenvalue weighted by atomic mass is 10.1. The molecular weight excluding hydrogens is 487 g/mol. The van der Waals surface area contributed by atoms with E-state index in [4.69, 9.17) is 0 Å². The van der Waals surface area contributed by atoms with Crippen LogP contribution in [0.1, 0.15) is 49.6 Å². The Morgan fingerprint density at radius 2 is 2.18 bits per heavy atom. The largest absolute Gasteiger partial charge is 0.383 e. The van der Waals surface area contributed by atoms with Crippen molar-refractivity contribution in [2.24, 2.45) is 4.99 Å². The van der Waals surface area contributed by atoms with Gasteiger partial charge in [0.15, 0.2) is 5.96 Å². The van der Waals surface area contributed by atoms with Crippen molar-refractivity contribution in [2.75, 3.05) is 19.6 Å². The number of thiophene rings is 1. The Bertz CT molecular complexity index is 744. The summed E-state index contributed by atoms with van der Waals surface area (Å²) in [4.78, 5) is 5.50. The number of aromatic nitrogens is 3. The summed E-state index contributed by atoms with van der Waals surface area (Å²) in [6.45, 7) is 6.67. The summed E-state index contributed by atoms with van der Waals surface area (Å²) in [5.74, 6) is 2.88. The van der Waals surface area contributed by atoms with Gasteiger partial charge in [0, 0.05) is 37.4 Å². The van der Waals surface area contributed by atoms with E-state index < -0.39 is 5.60 Å². The lowest BCUT2D eigenvalue weighted by Crippen LogP contribution is -2.39. The summed E-state index contributed by atoms with van der Waals surface area (Å²) in [6.07, 6.45) is 5.51. The van der Waals surface area contributed by atoms with Gasteiger partial charge < -0.3 is 20.3 Å². The molecule has 2 aromatic heterocycles. The smallest absolute Gasteiger partial charge is 0.191 e. The van der Waals surface area contributed by atoms with Gasteiger partial charge in [-0.2, -0.15) is 0 Å². The van der Waals surface area contributed by atoms with Crippen molar-refractivity contribution in [3.63, 3.8) is 0 Å². The molecule has 9 heteroatoms. The van der Waals surface area contributed by atoms with Gasteiger partial charge in [-0.1, -0.05) is 12.5 Å². The van der Waals surface area contributed by atoms with Crippen LogP contribution in [-0.4, -0.2) is 45.5 Å². The summed E-state index contributed by atoms with van der Waals surface area (Å²) in [5, 5.41) is 27.9. The molecule has 0 aromatic carbocycles. The monoisotopic (exact) mass is 518 g/mol. The number of aryl methyl sites for hydroxylation is 1. The summed E-state index contributed by atoms with van der Waals surface area (Å²) in [5.41, 5.74) is -0.957. The molecule has 0 saturated heterocycles. The van der Waals surface area contributed by atoms with E-state index in [1.165, 1.54) is 19.3 Å². The van der Waals surface area contributed by atoms with Gasteiger partial charge >= 0.3 is 0 Å². The van der Waals surface area contributed by atoms with Crippen LogP contribution in [0, 0.1) is 0 Å². The molecule has 156 valence electrons. The van der Waals surface area contributed by atoms with Gasteiger partial charge in [0.1, 0.15) is 17.2 Å². The zero-order valence-corrected chi connectivity index (χ0v) is 19.8. The molecule has 1 aliphatic heterocycles. The Labute approximate surface area is 188 Å². The van der Waals surface area contributed by atoms with Crippen LogP contribution in [0.25, 0.3) is 0 Å². The Hall–Kier alpha value is -1.20. The van der Waals surface area contributed by atoms with Crippen molar-refractivity contribution in [1.82, 2.24) is 25.4 Å². The zero-order chi connectivity index (χ0) is 19.1. The number of hydrogen-bond acceptors (Lipinski definition) is 5. The number of aliphatic hydroxyl groups is 1. The maximum absolute atomic E-state index is 10.7. The van der Waals surface area contributed by atoms with E-state index in [0.29, 0.717) is 12.5 Å². The third kappa shape index (κ3) is 6.15. The second-order valence-electron chi connectivity index (χ2n) is 7.12. The standard InChI is InChI=1S/C19H30N6OS.HI/c1-3-20-18(22-14-19(2,26)15-8-7-13-27-15)21-11-10-17-24-23-16-9-5-4-6-12-25(16)17;/h7-8,13,26H,3-6,9-12,14H2,1-2H3,(H2,20,21,22);1H. The van der Waals surface area contributed by atoms with E-state index in [1.807, 2.05) is 24.4 Å². The predicted octanol–water partition coefficient (Wildman–Crippen LogP) is 2.69. The van der Waals surface area contributed by atoms with Crippen LogP contribution < -0.4 is 10.6 Å². The first kappa shape index (κ1) is 23.1. The minimum atomic E-state index is -0.957. The zero-order valence-electron chi connectivity index (χ0n) is 16.6. The van der Waals surface area contributed by atoms with Gasteiger partial charge in [-0.3, -0.25) is 0 Å². The molecule has 0 radical (unpaired) electrons. The van der Waals surface area contributed by atoms with Gasteiger partial charge in [0.2, 0.25) is 0 Å². The molecular formula is C19H31IN6OS. The van der Waals surface area contributed by atoms with Crippen LogP contribution in [0.5, 0.6) is 0 Å². The van der Waals surface area contributed by atoms with Crippen LogP contribution >= 0.6 is 35.3 Å². The number of nitrogens with zero attached hydrogens (tertiary/aromatic N) is 4. The van der Waals surface area contributed by atoms with E-state index in [9.17, 15) is 5.11 Å². The number of nitrogens with one attached hydrogen (secondary N) is 2. The van der Waals surface area contributed by atoms with Crippen LogP contribution in [0.3, 0.4) is 0 Å². The Kier molecular flexibility index (Phi) is 9.16. The van der Waals surface area contributed by atoms with Crippen molar-refractivity contribution in [3.05, 3.63) is 34.0 Å². The molecule has 1 unspecified atom stereocenters. The quantitative estimate of drug-likeness (QED) is 0.298. The number of fused-ring (bicyclic) bond motifs is 1. The van der Waals surface area contributed by atoms with Crippen molar-refractivity contribution in [3.8, 4) is 0 Å². The van der Waals surface area contributed by atoms with Crippen molar-refractivity contribution < 1.29 is 5.11 Å². The van der Waals surface area contributed by atoms with E-state index in [2.05, 4.69) is 30.4 Å². The van der Waals surface area contributed by atoms with Crippen molar-refractivity contribution in [1.29, 1.82) is 0 Å². The lowest BCUT2D eigenvalue weighted by molar-refractivity contribution is 0.0711. The highest BCUT2D eigenvalue weighted by molar-refractivity contribution is 14.0. The normalized spacial score (nSPS) is 16.5. The Morgan fingerprint density at radius 1 is 1.32 bits per heavy atom. The molecule has 3 rings (SSSR count). The fourth-order valence-electron chi connectivity index (χ4n) is 3.26. The molecule has 3 N–H and O–H groups in total. The molecule has 1 aliphatic rings. The minimum absolute atomic E-state index is 0. The average molecular weight is 518 g/mol. The molecule has 2 aromatic rings. The molecule has 28 heavy (non-hydrogen) atoms. The maximum Gasteiger partial charge on any atom is 0.191 e. The summed E-state index contributed by atoms with van der Waals surface area (Å²) >= 11 is 1.55. The highest BCUT2D eigenvalue weighted by Crippen LogP contribution is 2.25. The third-order valence-corrected chi connectivity index (χ3v) is 5.89. The summed E-state index contributed by atoms with van der Waals surface area (Å²) in [6, 6.07) is 3.89. The molecule has 0 amide bonds. The van der Waals surface area contributed by atoms with E-state index in [-0.39, 0.29) is 24.0 Å². The van der Waals surface area contributed by atoms with Crippen LogP contribution in [0.15, 0.2) is 22.5 Å². The van der Waals surface area contributed by atoms with E-state index >= 15 is 0 Å². The second kappa shape index (κ2) is 11.1. The molecule has 0 bridgehead atoms. The number of aliphatic imine (C=N–C) groups is 1. The molecule has 0 fully saturated rings. The maximum atomic E-state index is 10.7. The fraction of sp³-hybridized carbons (Fsp3) is 0.632. The van der Waals surface area contributed by atoms with E-state index in [0.717, 1.165) is 49.0 Å². The number of hydrogen-bond donors (Lipinski definition) is 3. The highest BCUT2D eigenvalue weighted by Gasteiger charge is 2.24. The van der Waals surface area contributed by atoms with Gasteiger partial charge in [-0.15, -0.1) is 45.5 Å². The average Bonchev–Trinajstić information content (AvgIpc) is 3.26. The second-order valence-corrected chi connectivity index (χ2v) is 8.07. The minimum Gasteiger partial charge on any atom is -0.383 e. The topological polar surface area (TPSA) is 87.4 Å². The number of guanidine groups is 1. The first-order chi connectivity index (χ1) is 13.1. The van der Waals surface area contributed by atoms with Gasteiger partial charge in [0.05, 0.1) is 6.54 Å². The SMILES string of the molecule is CCNC(=NCC(C)(O)c1cccs1)NCCc1nnc2n1CCCCC2.I. The van der Waals surface area contributed by atoms with Gasteiger partial charge in [-0.05, 0) is 38.1 Å². The molecule has 0 saturated carbocycles. The molecule has 1 atom stereocenters. The first-order valence-electron chi connectivity index (χ1n) is 9.79. The number of rotatable bonds is 7. The predicted molar refractivity (Wildman–Crippen MR) is 125 cm³/mol. The Morgan fingerprint density at radius 3 is 2.93 bits per heavy atom. The summed E-state index contributed by atoms with van der Waals surface area (Å²) in [7, 11) is 0. The molecule has 0 spiro atoms.